The third-order valence-electron chi connectivity index (χ3n) is 3.58. The molecule has 0 aliphatic carbocycles. The van der Waals surface area contributed by atoms with Crippen LogP contribution in [0, 0.1) is 11.3 Å². The summed E-state index contributed by atoms with van der Waals surface area (Å²) in [5.74, 6) is 0.0113. The molecule has 0 fully saturated rings. The van der Waals surface area contributed by atoms with E-state index in [1.165, 1.54) is 13.2 Å². The van der Waals surface area contributed by atoms with Crippen molar-refractivity contribution in [3.63, 3.8) is 0 Å². The molecule has 0 spiro atoms. The van der Waals surface area contributed by atoms with E-state index in [0.29, 0.717) is 22.7 Å². The first-order valence-corrected chi connectivity index (χ1v) is 9.85. The molecular weight excluding hydrogens is 368 g/mol. The minimum Gasteiger partial charge on any atom is -0.495 e. The van der Waals surface area contributed by atoms with Gasteiger partial charge in [0.2, 0.25) is 15.9 Å². The second-order valence-electron chi connectivity index (χ2n) is 5.80. The molecule has 0 saturated heterocycles. The Morgan fingerprint density at radius 3 is 2.52 bits per heavy atom. The third kappa shape index (κ3) is 5.62. The molecule has 0 aliphatic heterocycles. The summed E-state index contributed by atoms with van der Waals surface area (Å²) in [6.45, 7) is 1.65. The summed E-state index contributed by atoms with van der Waals surface area (Å²) in [6.07, 6.45) is 1.04. The highest BCUT2D eigenvalue weighted by atomic mass is 32.2. The summed E-state index contributed by atoms with van der Waals surface area (Å²) in [4.78, 5) is 12.4. The van der Waals surface area contributed by atoms with Gasteiger partial charge in [-0.25, -0.2) is 8.42 Å². The van der Waals surface area contributed by atoms with Gasteiger partial charge in [0, 0.05) is 5.69 Å². The molecule has 2 rings (SSSR count). The fraction of sp³-hybridized carbons (Fsp3) is 0.222. The van der Waals surface area contributed by atoms with Crippen molar-refractivity contribution in [2.45, 2.75) is 13.0 Å². The van der Waals surface area contributed by atoms with Crippen LogP contribution in [-0.4, -0.2) is 33.7 Å². The number of hydrogen-bond acceptors (Lipinski definition) is 6. The quantitative estimate of drug-likeness (QED) is 0.670. The smallest absolute Gasteiger partial charge is 0.246 e. The number of para-hydroxylation sites is 1. The van der Waals surface area contributed by atoms with Crippen molar-refractivity contribution in [1.29, 1.82) is 5.26 Å². The summed E-state index contributed by atoms with van der Waals surface area (Å²) >= 11 is 0. The van der Waals surface area contributed by atoms with Gasteiger partial charge in [-0.15, -0.1) is 0 Å². The number of hydrogen-bond donors (Lipinski definition) is 3. The molecule has 0 bridgehead atoms. The average Bonchev–Trinajstić information content (AvgIpc) is 2.61. The van der Waals surface area contributed by atoms with Crippen LogP contribution in [0.1, 0.15) is 12.5 Å². The molecule has 0 radical (unpaired) electrons. The van der Waals surface area contributed by atoms with E-state index in [4.69, 9.17) is 10.00 Å². The largest absolute Gasteiger partial charge is 0.495 e. The molecule has 9 heteroatoms. The van der Waals surface area contributed by atoms with Gasteiger partial charge in [0.15, 0.2) is 0 Å². The zero-order valence-electron chi connectivity index (χ0n) is 15.1. The Morgan fingerprint density at radius 2 is 1.89 bits per heavy atom. The standard InChI is InChI=1S/C18H20N4O4S/c1-12(18(23)21-15-7-5-4-6-13(15)11-19)20-14-8-9-17(26-2)16(10-14)22-27(3,24)25/h4-10,12,20,22H,1-3H3,(H,21,23). The van der Waals surface area contributed by atoms with Crippen LogP contribution in [0.15, 0.2) is 42.5 Å². The second-order valence-corrected chi connectivity index (χ2v) is 7.55. The molecular formula is C18H20N4O4S. The van der Waals surface area contributed by atoms with Gasteiger partial charge in [0.1, 0.15) is 17.9 Å². The zero-order valence-corrected chi connectivity index (χ0v) is 15.9. The van der Waals surface area contributed by atoms with Gasteiger partial charge in [-0.1, -0.05) is 12.1 Å². The van der Waals surface area contributed by atoms with Gasteiger partial charge >= 0.3 is 0 Å². The molecule has 0 saturated carbocycles. The van der Waals surface area contributed by atoms with Crippen molar-refractivity contribution in [2.75, 3.05) is 28.7 Å². The van der Waals surface area contributed by atoms with Crippen LogP contribution in [-0.2, 0) is 14.8 Å². The third-order valence-corrected chi connectivity index (χ3v) is 4.17. The second kappa shape index (κ2) is 8.42. The molecule has 3 N–H and O–H groups in total. The lowest BCUT2D eigenvalue weighted by Gasteiger charge is -2.17. The maximum atomic E-state index is 12.4. The molecule has 0 aromatic heterocycles. The van der Waals surface area contributed by atoms with Crippen molar-refractivity contribution < 1.29 is 17.9 Å². The molecule has 0 aliphatic rings. The molecule has 142 valence electrons. The molecule has 1 unspecified atom stereocenters. The maximum absolute atomic E-state index is 12.4. The lowest BCUT2D eigenvalue weighted by molar-refractivity contribution is -0.116. The zero-order chi connectivity index (χ0) is 20.0. The number of ether oxygens (including phenoxy) is 1. The number of carbonyl (C=O) groups excluding carboxylic acids is 1. The van der Waals surface area contributed by atoms with Crippen LogP contribution in [0.4, 0.5) is 17.1 Å². The SMILES string of the molecule is COc1ccc(NC(C)C(=O)Nc2ccccc2C#N)cc1NS(C)(=O)=O. The number of anilines is 3. The normalized spacial score (nSPS) is 11.8. The topological polar surface area (TPSA) is 120 Å². The molecule has 0 heterocycles. The number of sulfonamides is 1. The van der Waals surface area contributed by atoms with E-state index in [1.54, 1.807) is 43.3 Å². The van der Waals surface area contributed by atoms with Crippen LogP contribution in [0.5, 0.6) is 5.75 Å². The molecule has 27 heavy (non-hydrogen) atoms. The Morgan fingerprint density at radius 1 is 1.19 bits per heavy atom. The first kappa shape index (κ1) is 20.1. The van der Waals surface area contributed by atoms with Crippen molar-refractivity contribution in [1.82, 2.24) is 0 Å². The minimum atomic E-state index is -3.49. The maximum Gasteiger partial charge on any atom is 0.246 e. The minimum absolute atomic E-state index is 0.257. The molecule has 8 nitrogen and oxygen atoms in total. The fourth-order valence-corrected chi connectivity index (χ4v) is 2.88. The van der Waals surface area contributed by atoms with Crippen molar-refractivity contribution in [2.24, 2.45) is 0 Å². The summed E-state index contributed by atoms with van der Waals surface area (Å²) in [6, 6.07) is 12.9. The number of amides is 1. The number of methoxy groups -OCH3 is 1. The van der Waals surface area contributed by atoms with Crippen LogP contribution in [0.2, 0.25) is 0 Å². The average molecular weight is 388 g/mol. The van der Waals surface area contributed by atoms with E-state index in [9.17, 15) is 13.2 Å². The Bertz CT molecular complexity index is 983. The Hall–Kier alpha value is -3.25. The number of nitriles is 1. The van der Waals surface area contributed by atoms with E-state index in [2.05, 4.69) is 15.4 Å². The highest BCUT2D eigenvalue weighted by Crippen LogP contribution is 2.29. The van der Waals surface area contributed by atoms with E-state index in [1.807, 2.05) is 6.07 Å². The van der Waals surface area contributed by atoms with Crippen LogP contribution in [0.3, 0.4) is 0 Å². The highest BCUT2D eigenvalue weighted by molar-refractivity contribution is 7.92. The predicted octanol–water partition coefficient (Wildman–Crippen LogP) is 2.38. The molecule has 1 amide bonds. The number of nitrogens with one attached hydrogen (secondary N) is 3. The Labute approximate surface area is 158 Å². The van der Waals surface area contributed by atoms with Crippen LogP contribution >= 0.6 is 0 Å². The first-order chi connectivity index (χ1) is 12.7. The van der Waals surface area contributed by atoms with E-state index >= 15 is 0 Å². The van der Waals surface area contributed by atoms with Gasteiger partial charge in [-0.05, 0) is 37.3 Å². The predicted molar refractivity (Wildman–Crippen MR) is 104 cm³/mol. The monoisotopic (exact) mass is 388 g/mol. The Balaban J connectivity index is 2.15. The molecule has 1 atom stereocenters. The fourth-order valence-electron chi connectivity index (χ4n) is 2.32. The van der Waals surface area contributed by atoms with Gasteiger partial charge in [0.05, 0.1) is 30.3 Å². The van der Waals surface area contributed by atoms with Gasteiger partial charge in [-0.3, -0.25) is 9.52 Å². The lowest BCUT2D eigenvalue weighted by Crippen LogP contribution is -2.32. The number of benzene rings is 2. The van der Waals surface area contributed by atoms with E-state index in [0.717, 1.165) is 6.26 Å². The first-order valence-electron chi connectivity index (χ1n) is 7.96. The molecule has 2 aromatic rings. The Kier molecular flexibility index (Phi) is 6.26. The van der Waals surface area contributed by atoms with Gasteiger partial charge < -0.3 is 15.4 Å². The number of carbonyl (C=O) groups is 1. The molecule has 2 aromatic carbocycles. The van der Waals surface area contributed by atoms with Crippen molar-refractivity contribution in [3.8, 4) is 11.8 Å². The van der Waals surface area contributed by atoms with Crippen molar-refractivity contribution >= 4 is 33.0 Å². The summed E-state index contributed by atoms with van der Waals surface area (Å²) in [7, 11) is -2.06. The van der Waals surface area contributed by atoms with Gasteiger partial charge in [0.25, 0.3) is 0 Å². The number of nitrogens with zero attached hydrogens (tertiary/aromatic N) is 1. The van der Waals surface area contributed by atoms with Crippen LogP contribution in [0.25, 0.3) is 0 Å². The number of rotatable bonds is 7. The summed E-state index contributed by atoms with van der Waals surface area (Å²) < 4.78 is 30.5. The van der Waals surface area contributed by atoms with E-state index < -0.39 is 16.1 Å². The van der Waals surface area contributed by atoms with Crippen molar-refractivity contribution in [3.05, 3.63) is 48.0 Å². The van der Waals surface area contributed by atoms with Crippen LogP contribution < -0.4 is 20.1 Å². The summed E-state index contributed by atoms with van der Waals surface area (Å²) in [5.41, 5.74) is 1.57. The highest BCUT2D eigenvalue weighted by Gasteiger charge is 2.16. The van der Waals surface area contributed by atoms with E-state index in [-0.39, 0.29) is 11.6 Å². The lowest BCUT2D eigenvalue weighted by atomic mass is 10.2. The summed E-state index contributed by atoms with van der Waals surface area (Å²) in [5, 5.41) is 14.8. The van der Waals surface area contributed by atoms with Gasteiger partial charge in [-0.2, -0.15) is 5.26 Å².